The number of nitrogens with zero attached hydrogens (tertiary/aromatic N) is 1. The minimum absolute atomic E-state index is 0.0362. The minimum atomic E-state index is -0.0362. The summed E-state index contributed by atoms with van der Waals surface area (Å²) in [6.07, 6.45) is 6.75. The fourth-order valence-corrected chi connectivity index (χ4v) is 5.28. The van der Waals surface area contributed by atoms with Gasteiger partial charge in [-0.3, -0.25) is 9.69 Å². The summed E-state index contributed by atoms with van der Waals surface area (Å²) >= 11 is 1.70. The van der Waals surface area contributed by atoms with E-state index in [4.69, 9.17) is 0 Å². The lowest BCUT2D eigenvalue weighted by molar-refractivity contribution is -0.114. The van der Waals surface area contributed by atoms with Crippen LogP contribution < -0.4 is 5.32 Å². The van der Waals surface area contributed by atoms with Crippen LogP contribution in [-0.4, -0.2) is 23.4 Å². The Morgan fingerprint density at radius 2 is 1.81 bits per heavy atom. The first-order chi connectivity index (χ1) is 12.7. The second kappa shape index (κ2) is 7.85. The average molecular weight is 367 g/mol. The predicted molar refractivity (Wildman–Crippen MR) is 108 cm³/mol. The molecule has 3 nitrogen and oxygen atoms in total. The lowest BCUT2D eigenvalue weighted by atomic mass is 9.92. The number of rotatable bonds is 4. The molecule has 2 saturated heterocycles. The molecular weight excluding hydrogens is 340 g/mol. The van der Waals surface area contributed by atoms with E-state index in [1.54, 1.807) is 18.7 Å². The van der Waals surface area contributed by atoms with E-state index in [0.29, 0.717) is 6.04 Å². The summed E-state index contributed by atoms with van der Waals surface area (Å²) in [7, 11) is 0. The van der Waals surface area contributed by atoms with Gasteiger partial charge >= 0.3 is 0 Å². The van der Waals surface area contributed by atoms with E-state index in [-0.39, 0.29) is 5.91 Å². The van der Waals surface area contributed by atoms with Crippen LogP contribution in [0, 0.1) is 0 Å². The molecule has 0 spiro atoms. The van der Waals surface area contributed by atoms with E-state index >= 15 is 0 Å². The number of anilines is 1. The van der Waals surface area contributed by atoms with E-state index in [0.717, 1.165) is 16.6 Å². The number of hydrogen-bond donors (Lipinski definition) is 1. The van der Waals surface area contributed by atoms with Gasteiger partial charge in [0.1, 0.15) is 0 Å². The Labute approximate surface area is 160 Å². The van der Waals surface area contributed by atoms with Crippen molar-refractivity contribution in [1.29, 1.82) is 0 Å². The van der Waals surface area contributed by atoms with Crippen molar-refractivity contribution in [2.75, 3.05) is 11.9 Å². The molecule has 4 heteroatoms. The summed E-state index contributed by atoms with van der Waals surface area (Å²) < 4.78 is 0. The Hall–Kier alpha value is -1.78. The number of carbonyl (C=O) groups excluding carboxylic acids is 1. The molecule has 2 fully saturated rings. The van der Waals surface area contributed by atoms with Crippen LogP contribution in [0.5, 0.6) is 0 Å². The first kappa shape index (κ1) is 17.6. The Morgan fingerprint density at radius 1 is 1.04 bits per heavy atom. The highest BCUT2D eigenvalue weighted by Crippen LogP contribution is 2.40. The molecule has 1 N–H and O–H groups in total. The first-order valence-corrected chi connectivity index (χ1v) is 10.4. The van der Waals surface area contributed by atoms with Crippen molar-refractivity contribution in [2.24, 2.45) is 0 Å². The van der Waals surface area contributed by atoms with Crippen LogP contribution in [0.25, 0.3) is 0 Å². The second-order valence-corrected chi connectivity index (χ2v) is 8.44. The normalized spacial score (nSPS) is 22.8. The molecule has 4 rings (SSSR count). The van der Waals surface area contributed by atoms with Crippen LogP contribution in [0.2, 0.25) is 0 Å². The van der Waals surface area contributed by atoms with Gasteiger partial charge in [0.15, 0.2) is 0 Å². The molecule has 2 atom stereocenters. The Morgan fingerprint density at radius 3 is 2.62 bits per heavy atom. The molecule has 26 heavy (non-hydrogen) atoms. The molecule has 2 aliphatic rings. The zero-order valence-corrected chi connectivity index (χ0v) is 16.1. The Balaban J connectivity index is 1.49. The van der Waals surface area contributed by atoms with Crippen molar-refractivity contribution in [3.8, 4) is 0 Å². The lowest BCUT2D eigenvalue weighted by Gasteiger charge is -2.38. The molecule has 136 valence electrons. The third-order valence-electron chi connectivity index (χ3n) is 5.53. The van der Waals surface area contributed by atoms with Crippen molar-refractivity contribution in [1.82, 2.24) is 4.90 Å². The number of benzene rings is 2. The number of piperidine rings is 1. The zero-order valence-electron chi connectivity index (χ0n) is 15.3. The maximum Gasteiger partial charge on any atom is 0.221 e. The fraction of sp³-hybridized carbons (Fsp3) is 0.409. The average Bonchev–Trinajstić information content (AvgIpc) is 3.12. The molecule has 2 heterocycles. The third-order valence-corrected chi connectivity index (χ3v) is 6.61. The number of hydrogen-bond acceptors (Lipinski definition) is 3. The summed E-state index contributed by atoms with van der Waals surface area (Å²) in [5, 5.41) is 2.92. The molecule has 0 aliphatic carbocycles. The van der Waals surface area contributed by atoms with Crippen LogP contribution in [0.3, 0.4) is 0 Å². The summed E-state index contributed by atoms with van der Waals surface area (Å²) in [5.41, 5.74) is 2.33. The summed E-state index contributed by atoms with van der Waals surface area (Å²) in [6.45, 7) is 2.81. The number of amides is 1. The number of carbonyl (C=O) groups is 1. The van der Waals surface area contributed by atoms with Crippen molar-refractivity contribution in [3.05, 3.63) is 54.1 Å². The van der Waals surface area contributed by atoms with Gasteiger partial charge < -0.3 is 5.32 Å². The van der Waals surface area contributed by atoms with Crippen LogP contribution in [0.1, 0.15) is 50.6 Å². The summed E-state index contributed by atoms with van der Waals surface area (Å²) in [5.74, 6) is -0.0362. The standard InChI is InChI=1S/C22H26N2OS/c1-16(25)23-20-8-2-3-10-22(20)26-19-13-11-17(12-14-19)21-9-4-6-18-7-5-15-24(18)21/h2-3,8,10-14,18,21H,4-7,9,15H2,1H3,(H,23,25)/t18-,21-/m1/s1. The molecule has 0 unspecified atom stereocenters. The number of para-hydroxylation sites is 1. The van der Waals surface area contributed by atoms with E-state index in [2.05, 4.69) is 40.5 Å². The van der Waals surface area contributed by atoms with E-state index in [9.17, 15) is 4.79 Å². The molecule has 0 radical (unpaired) electrons. The highest BCUT2D eigenvalue weighted by Gasteiger charge is 2.34. The monoisotopic (exact) mass is 366 g/mol. The van der Waals surface area contributed by atoms with Crippen LogP contribution in [0.4, 0.5) is 5.69 Å². The van der Waals surface area contributed by atoms with Gasteiger partial charge in [0, 0.05) is 28.8 Å². The topological polar surface area (TPSA) is 32.3 Å². The van der Waals surface area contributed by atoms with E-state index < -0.39 is 0 Å². The van der Waals surface area contributed by atoms with Gasteiger partial charge in [-0.2, -0.15) is 0 Å². The summed E-state index contributed by atoms with van der Waals surface area (Å²) in [4.78, 5) is 16.4. The SMILES string of the molecule is CC(=O)Nc1ccccc1Sc1ccc([C@H]2CCC[C@@H]3CCCN32)cc1. The predicted octanol–water partition coefficient (Wildman–Crippen LogP) is 5.49. The van der Waals surface area contributed by atoms with Crippen LogP contribution in [0.15, 0.2) is 58.3 Å². The molecule has 0 aromatic heterocycles. The molecule has 2 aromatic rings. The summed E-state index contributed by atoms with van der Waals surface area (Å²) in [6, 6.07) is 18.4. The van der Waals surface area contributed by atoms with E-state index in [1.807, 2.05) is 18.2 Å². The van der Waals surface area contributed by atoms with Crippen molar-refractivity contribution >= 4 is 23.4 Å². The smallest absolute Gasteiger partial charge is 0.221 e. The molecule has 0 saturated carbocycles. The number of fused-ring (bicyclic) bond motifs is 1. The van der Waals surface area contributed by atoms with Gasteiger partial charge in [-0.1, -0.05) is 36.0 Å². The third kappa shape index (κ3) is 3.81. The van der Waals surface area contributed by atoms with Crippen LogP contribution in [-0.2, 0) is 4.79 Å². The van der Waals surface area contributed by atoms with Gasteiger partial charge in [0.05, 0.1) is 5.69 Å². The first-order valence-electron chi connectivity index (χ1n) is 9.61. The molecule has 0 bridgehead atoms. The van der Waals surface area contributed by atoms with Crippen molar-refractivity contribution < 1.29 is 4.79 Å². The highest BCUT2D eigenvalue weighted by molar-refractivity contribution is 7.99. The largest absolute Gasteiger partial charge is 0.325 e. The quantitative estimate of drug-likeness (QED) is 0.777. The second-order valence-electron chi connectivity index (χ2n) is 7.33. The van der Waals surface area contributed by atoms with Gasteiger partial charge in [0.2, 0.25) is 5.91 Å². The molecular formula is C22H26N2OS. The Bertz CT molecular complexity index is 774. The number of nitrogens with one attached hydrogen (secondary N) is 1. The van der Waals surface area contributed by atoms with Gasteiger partial charge in [-0.05, 0) is 68.5 Å². The van der Waals surface area contributed by atoms with Crippen molar-refractivity contribution in [2.45, 2.75) is 60.9 Å². The highest BCUT2D eigenvalue weighted by atomic mass is 32.2. The maximum atomic E-state index is 11.4. The maximum absolute atomic E-state index is 11.4. The molecule has 2 aromatic carbocycles. The van der Waals surface area contributed by atoms with Gasteiger partial charge in [-0.25, -0.2) is 0 Å². The minimum Gasteiger partial charge on any atom is -0.325 e. The van der Waals surface area contributed by atoms with Gasteiger partial charge in [-0.15, -0.1) is 0 Å². The van der Waals surface area contributed by atoms with Crippen molar-refractivity contribution in [3.63, 3.8) is 0 Å². The van der Waals surface area contributed by atoms with E-state index in [1.165, 1.54) is 49.1 Å². The molecule has 1 amide bonds. The fourth-order valence-electron chi connectivity index (χ4n) is 4.38. The Kier molecular flexibility index (Phi) is 5.32. The lowest BCUT2D eigenvalue weighted by Crippen LogP contribution is -2.37. The van der Waals surface area contributed by atoms with Gasteiger partial charge in [0.25, 0.3) is 0 Å². The molecule has 2 aliphatic heterocycles. The van der Waals surface area contributed by atoms with Crippen LogP contribution >= 0.6 is 11.8 Å². The zero-order chi connectivity index (χ0) is 17.9.